The van der Waals surface area contributed by atoms with Crippen LogP contribution in [-0.4, -0.2) is 36.5 Å². The van der Waals surface area contributed by atoms with Gasteiger partial charge in [0.2, 0.25) is 5.95 Å². The summed E-state index contributed by atoms with van der Waals surface area (Å²) in [6, 6.07) is 6.05. The van der Waals surface area contributed by atoms with E-state index in [-0.39, 0.29) is 35.9 Å². The molecule has 1 atom stereocenters. The molecule has 0 aliphatic carbocycles. The van der Waals surface area contributed by atoms with Crippen molar-refractivity contribution in [3.8, 4) is 5.69 Å². The van der Waals surface area contributed by atoms with Crippen LogP contribution in [0.4, 0.5) is 41.1 Å². The maximum Gasteiger partial charge on any atom is 0.433 e. The first kappa shape index (κ1) is 26.7. The minimum Gasteiger partial charge on any atom is -0.356 e. The fourth-order valence-corrected chi connectivity index (χ4v) is 5.01. The molecule has 212 valence electrons. The number of halogens is 8. The van der Waals surface area contributed by atoms with Crippen LogP contribution >= 0.6 is 0 Å². The molecular formula is C26H17F8N7. The quantitative estimate of drug-likeness (QED) is 0.254. The van der Waals surface area contributed by atoms with Crippen molar-refractivity contribution in [2.75, 3.05) is 11.4 Å². The summed E-state index contributed by atoms with van der Waals surface area (Å²) in [4.78, 5) is 12.3. The summed E-state index contributed by atoms with van der Waals surface area (Å²) < 4.78 is 112. The fraction of sp³-hybridized carbons (Fsp3) is 0.231. The summed E-state index contributed by atoms with van der Waals surface area (Å²) in [5, 5.41) is 8.82. The Hall–Kier alpha value is -4.56. The molecule has 0 amide bonds. The molecule has 0 radical (unpaired) electrons. The Morgan fingerprint density at radius 2 is 1.51 bits per heavy atom. The first-order valence-corrected chi connectivity index (χ1v) is 12.1. The molecular weight excluding hydrogens is 562 g/mol. The van der Waals surface area contributed by atoms with Crippen LogP contribution in [0.1, 0.15) is 39.8 Å². The lowest BCUT2D eigenvalue weighted by molar-refractivity contribution is -0.147. The molecule has 1 aliphatic heterocycles. The highest BCUT2D eigenvalue weighted by Gasteiger charge is 2.42. The number of nitrogens with zero attached hydrogens (tertiary/aromatic N) is 6. The molecule has 0 bridgehead atoms. The number of aryl methyl sites for hydroxylation is 1. The number of anilines is 1. The van der Waals surface area contributed by atoms with Crippen LogP contribution in [0.5, 0.6) is 0 Å². The van der Waals surface area contributed by atoms with E-state index in [1.54, 1.807) is 18.2 Å². The molecule has 2 aromatic carbocycles. The molecule has 3 aromatic heterocycles. The van der Waals surface area contributed by atoms with Gasteiger partial charge in [0, 0.05) is 28.7 Å². The number of fused-ring (bicyclic) bond motifs is 3. The third-order valence-electron chi connectivity index (χ3n) is 6.91. The van der Waals surface area contributed by atoms with Crippen LogP contribution in [-0.2, 0) is 18.8 Å². The first-order valence-electron chi connectivity index (χ1n) is 12.1. The van der Waals surface area contributed by atoms with Gasteiger partial charge in [-0.05, 0) is 48.7 Å². The van der Waals surface area contributed by atoms with Crippen LogP contribution in [0.2, 0.25) is 0 Å². The predicted octanol–water partition coefficient (Wildman–Crippen LogP) is 6.31. The van der Waals surface area contributed by atoms with Crippen LogP contribution in [0, 0.1) is 18.6 Å². The third kappa shape index (κ3) is 4.54. The molecule has 4 heterocycles. The smallest absolute Gasteiger partial charge is 0.356 e. The summed E-state index contributed by atoms with van der Waals surface area (Å²) in [6.45, 7) is 1.12. The lowest BCUT2D eigenvalue weighted by atomic mass is 9.91. The van der Waals surface area contributed by atoms with E-state index in [4.69, 9.17) is 0 Å². The lowest BCUT2D eigenvalue weighted by Crippen LogP contribution is -2.38. The minimum absolute atomic E-state index is 0.0310. The number of aromatic nitrogens is 6. The molecule has 0 spiro atoms. The highest BCUT2D eigenvalue weighted by molar-refractivity contribution is 5.87. The van der Waals surface area contributed by atoms with E-state index in [0.29, 0.717) is 22.2 Å². The SMILES string of the molecule is Cc1ccc([C@H]2c3[nH]c4ccc(-n5nccn5)cc4c3CCN2c2nc(C(F)(F)F)cc(C(F)(F)F)n2)c(F)c1F. The van der Waals surface area contributed by atoms with Crippen molar-refractivity contribution in [2.24, 2.45) is 0 Å². The van der Waals surface area contributed by atoms with Gasteiger partial charge >= 0.3 is 12.4 Å². The number of rotatable bonds is 3. The Labute approximate surface area is 225 Å². The van der Waals surface area contributed by atoms with Gasteiger partial charge < -0.3 is 9.88 Å². The second-order valence-electron chi connectivity index (χ2n) is 9.45. The van der Waals surface area contributed by atoms with E-state index >= 15 is 4.39 Å². The highest BCUT2D eigenvalue weighted by Crippen LogP contribution is 2.43. The predicted molar refractivity (Wildman–Crippen MR) is 129 cm³/mol. The van der Waals surface area contributed by atoms with Gasteiger partial charge in [0.15, 0.2) is 23.0 Å². The fourth-order valence-electron chi connectivity index (χ4n) is 5.01. The Morgan fingerprint density at radius 1 is 0.854 bits per heavy atom. The standard InChI is InChI=1S/C26H17F8N7/c1-12-2-4-15(21(28)20(12)27)23-22-14(16-10-13(3-5-17(16)37-22)41-35-7-8-36-41)6-9-40(23)24-38-18(25(29,30)31)11-19(39-24)26(32,33)34/h2-5,7-8,10-11,23,37H,6,9H2,1H3/t23-/m0/s1. The zero-order valence-electron chi connectivity index (χ0n) is 20.8. The average molecular weight is 579 g/mol. The number of hydrogen-bond donors (Lipinski definition) is 1. The number of H-pyrrole nitrogens is 1. The minimum atomic E-state index is -5.23. The molecule has 0 fully saturated rings. The van der Waals surface area contributed by atoms with Gasteiger partial charge in [-0.25, -0.2) is 18.7 Å². The van der Waals surface area contributed by atoms with Gasteiger partial charge in [-0.2, -0.15) is 41.3 Å². The Balaban J connectivity index is 1.59. The van der Waals surface area contributed by atoms with Gasteiger partial charge in [0.25, 0.3) is 0 Å². The summed E-state index contributed by atoms with van der Waals surface area (Å²) in [6.07, 6.45) is -7.40. The van der Waals surface area contributed by atoms with Crippen molar-refractivity contribution in [1.82, 2.24) is 29.9 Å². The maximum atomic E-state index is 15.4. The number of hydrogen-bond acceptors (Lipinski definition) is 5. The van der Waals surface area contributed by atoms with E-state index in [1.807, 2.05) is 0 Å². The zero-order chi connectivity index (χ0) is 29.3. The molecule has 0 unspecified atom stereocenters. The van der Waals surface area contributed by atoms with E-state index in [0.717, 1.165) is 4.90 Å². The van der Waals surface area contributed by atoms with E-state index < -0.39 is 47.4 Å². The molecule has 6 rings (SSSR count). The molecule has 0 saturated carbocycles. The average Bonchev–Trinajstić information content (AvgIpc) is 3.58. The van der Waals surface area contributed by atoms with Crippen LogP contribution in [0.25, 0.3) is 16.6 Å². The largest absolute Gasteiger partial charge is 0.433 e. The van der Waals surface area contributed by atoms with Gasteiger partial charge in [-0.3, -0.25) is 0 Å². The second-order valence-corrected chi connectivity index (χ2v) is 9.45. The lowest BCUT2D eigenvalue weighted by Gasteiger charge is -2.37. The third-order valence-corrected chi connectivity index (χ3v) is 6.91. The van der Waals surface area contributed by atoms with Crippen molar-refractivity contribution in [3.05, 3.63) is 94.2 Å². The topological polar surface area (TPSA) is 75.5 Å². The van der Waals surface area contributed by atoms with Crippen LogP contribution in [0.3, 0.4) is 0 Å². The first-order chi connectivity index (χ1) is 19.3. The molecule has 7 nitrogen and oxygen atoms in total. The van der Waals surface area contributed by atoms with E-state index in [2.05, 4.69) is 25.1 Å². The molecule has 1 N–H and O–H groups in total. The molecule has 41 heavy (non-hydrogen) atoms. The molecule has 0 saturated heterocycles. The Morgan fingerprint density at radius 3 is 2.15 bits per heavy atom. The Kier molecular flexibility index (Phi) is 6.01. The van der Waals surface area contributed by atoms with Crippen LogP contribution < -0.4 is 4.90 Å². The van der Waals surface area contributed by atoms with Crippen molar-refractivity contribution in [3.63, 3.8) is 0 Å². The van der Waals surface area contributed by atoms with Gasteiger partial charge in [0.1, 0.15) is 6.04 Å². The molecule has 15 heteroatoms. The summed E-state index contributed by atoms with van der Waals surface area (Å²) in [7, 11) is 0. The monoisotopic (exact) mass is 579 g/mol. The number of alkyl halides is 6. The number of nitrogens with one attached hydrogen (secondary N) is 1. The number of benzene rings is 2. The normalized spacial score (nSPS) is 15.9. The van der Waals surface area contributed by atoms with Gasteiger partial charge in [0.05, 0.1) is 18.1 Å². The molecule has 5 aromatic rings. The Bertz CT molecular complexity index is 1740. The number of aromatic amines is 1. The van der Waals surface area contributed by atoms with Gasteiger partial charge in [-0.15, -0.1) is 0 Å². The van der Waals surface area contributed by atoms with E-state index in [9.17, 15) is 30.7 Å². The van der Waals surface area contributed by atoms with Gasteiger partial charge in [-0.1, -0.05) is 12.1 Å². The van der Waals surface area contributed by atoms with Crippen molar-refractivity contribution in [1.29, 1.82) is 0 Å². The van der Waals surface area contributed by atoms with E-state index in [1.165, 1.54) is 36.2 Å². The van der Waals surface area contributed by atoms with Crippen molar-refractivity contribution < 1.29 is 35.1 Å². The summed E-state index contributed by atoms with van der Waals surface area (Å²) in [5.41, 5.74) is -2.00. The second kappa shape index (κ2) is 9.24. The van der Waals surface area contributed by atoms with Crippen molar-refractivity contribution in [2.45, 2.75) is 31.7 Å². The van der Waals surface area contributed by atoms with Crippen LogP contribution in [0.15, 0.2) is 48.8 Å². The maximum absolute atomic E-state index is 15.4. The van der Waals surface area contributed by atoms with Crippen molar-refractivity contribution >= 4 is 16.9 Å². The molecule has 1 aliphatic rings. The highest BCUT2D eigenvalue weighted by atomic mass is 19.4. The zero-order valence-corrected chi connectivity index (χ0v) is 20.8. The summed E-state index contributed by atoms with van der Waals surface area (Å²) >= 11 is 0. The summed E-state index contributed by atoms with van der Waals surface area (Å²) in [5.74, 6) is -3.42.